The smallest absolute Gasteiger partial charge is 0.223 e. The number of aromatic nitrogens is 4. The van der Waals surface area contributed by atoms with Crippen LogP contribution < -0.4 is 5.32 Å². The van der Waals surface area contributed by atoms with Crippen molar-refractivity contribution in [1.29, 1.82) is 0 Å². The monoisotopic (exact) mass is 318 g/mol. The van der Waals surface area contributed by atoms with Gasteiger partial charge < -0.3 is 5.32 Å². The molecule has 3 heterocycles. The van der Waals surface area contributed by atoms with E-state index < -0.39 is 0 Å². The van der Waals surface area contributed by atoms with Gasteiger partial charge in [0.05, 0.1) is 28.0 Å². The summed E-state index contributed by atoms with van der Waals surface area (Å²) >= 11 is 1.61. The molecule has 0 spiro atoms. The molecule has 5 nitrogen and oxygen atoms in total. The number of benzene rings is 1. The molecule has 1 radical (unpaired) electrons. The van der Waals surface area contributed by atoms with Crippen molar-refractivity contribution in [2.24, 2.45) is 0 Å². The lowest BCUT2D eigenvalue weighted by Gasteiger charge is -2.03. The van der Waals surface area contributed by atoms with Crippen LogP contribution in [0.3, 0.4) is 0 Å². The van der Waals surface area contributed by atoms with Gasteiger partial charge in [0.15, 0.2) is 0 Å². The van der Waals surface area contributed by atoms with E-state index in [4.69, 9.17) is 0 Å². The first-order chi connectivity index (χ1) is 11.4. The van der Waals surface area contributed by atoms with Gasteiger partial charge in [-0.3, -0.25) is 4.98 Å². The van der Waals surface area contributed by atoms with E-state index >= 15 is 0 Å². The molecule has 4 rings (SSSR count). The Morgan fingerprint density at radius 1 is 1.04 bits per heavy atom. The van der Waals surface area contributed by atoms with Crippen LogP contribution in [-0.2, 0) is 6.54 Å². The predicted octanol–water partition coefficient (Wildman–Crippen LogP) is 3.56. The molecule has 0 fully saturated rings. The van der Waals surface area contributed by atoms with Crippen LogP contribution in [-0.4, -0.2) is 19.9 Å². The molecule has 0 saturated carbocycles. The molecule has 0 atom stereocenters. The summed E-state index contributed by atoms with van der Waals surface area (Å²) < 4.78 is 1.15. The average Bonchev–Trinajstić information content (AvgIpc) is 3.05. The van der Waals surface area contributed by atoms with E-state index in [1.54, 1.807) is 23.7 Å². The summed E-state index contributed by atoms with van der Waals surface area (Å²) in [5.41, 5.74) is 2.72. The van der Waals surface area contributed by atoms with Crippen molar-refractivity contribution in [3.63, 3.8) is 0 Å². The fraction of sp³-hybridized carbons (Fsp3) is 0.0588. The molecule has 111 valence electrons. The lowest BCUT2D eigenvalue weighted by Crippen LogP contribution is -2.04. The van der Waals surface area contributed by atoms with Gasteiger partial charge in [-0.25, -0.2) is 15.0 Å². The van der Waals surface area contributed by atoms with Gasteiger partial charge >= 0.3 is 0 Å². The Labute approximate surface area is 137 Å². The number of nitrogens with one attached hydrogen (secondary N) is 1. The maximum absolute atomic E-state index is 4.58. The highest BCUT2D eigenvalue weighted by molar-refractivity contribution is 7.21. The third-order valence-electron chi connectivity index (χ3n) is 3.28. The summed E-state index contributed by atoms with van der Waals surface area (Å²) in [7, 11) is 0. The standard InChI is InChI=1S/C17H12N5S/c1-2-7-15-14(6-1)22-16(23-15)12-9-19-17(20-10-12)21-11-13-5-3-4-8-18-13/h1-9H,11H2,(H,19,20,21). The third-order valence-corrected chi connectivity index (χ3v) is 4.35. The van der Waals surface area contributed by atoms with Crippen molar-refractivity contribution in [3.05, 3.63) is 66.7 Å². The first-order valence-corrected chi connectivity index (χ1v) is 7.94. The number of anilines is 1. The number of para-hydroxylation sites is 1. The Hall–Kier alpha value is -2.86. The zero-order valence-electron chi connectivity index (χ0n) is 12.1. The van der Waals surface area contributed by atoms with Crippen LogP contribution in [0.25, 0.3) is 20.8 Å². The van der Waals surface area contributed by atoms with Gasteiger partial charge in [-0.1, -0.05) is 18.2 Å². The molecule has 0 unspecified atom stereocenters. The minimum absolute atomic E-state index is 0.528. The fourth-order valence-electron chi connectivity index (χ4n) is 2.14. The van der Waals surface area contributed by atoms with Gasteiger partial charge in [0.2, 0.25) is 5.95 Å². The van der Waals surface area contributed by atoms with Gasteiger partial charge in [0, 0.05) is 12.4 Å². The summed E-state index contributed by atoms with van der Waals surface area (Å²) in [6.07, 6.45) is 6.51. The first-order valence-electron chi connectivity index (χ1n) is 7.13. The normalized spacial score (nSPS) is 10.8. The van der Waals surface area contributed by atoms with Crippen LogP contribution >= 0.6 is 11.3 Å². The van der Waals surface area contributed by atoms with Crippen LogP contribution in [0.5, 0.6) is 0 Å². The zero-order chi connectivity index (χ0) is 15.5. The molecule has 0 aliphatic heterocycles. The molecule has 0 aliphatic rings. The molecule has 0 amide bonds. The van der Waals surface area contributed by atoms with E-state index in [1.165, 1.54) is 0 Å². The van der Waals surface area contributed by atoms with Gasteiger partial charge in [-0.05, 0) is 24.3 Å². The molecule has 1 aromatic carbocycles. The number of thiazole rings is 1. The highest BCUT2D eigenvalue weighted by Gasteiger charge is 2.07. The summed E-state index contributed by atoms with van der Waals surface area (Å²) in [6, 6.07) is 13.8. The van der Waals surface area contributed by atoms with Crippen molar-refractivity contribution in [2.45, 2.75) is 6.54 Å². The molecular weight excluding hydrogens is 306 g/mol. The second kappa shape index (κ2) is 6.10. The van der Waals surface area contributed by atoms with Crippen LogP contribution in [0, 0.1) is 6.20 Å². The highest BCUT2D eigenvalue weighted by Crippen LogP contribution is 2.28. The lowest BCUT2D eigenvalue weighted by atomic mass is 10.3. The number of hydrogen-bond acceptors (Lipinski definition) is 6. The van der Waals surface area contributed by atoms with E-state index in [9.17, 15) is 0 Å². The largest absolute Gasteiger partial charge is 0.349 e. The zero-order valence-corrected chi connectivity index (χ0v) is 12.9. The van der Waals surface area contributed by atoms with Gasteiger partial charge in [0.1, 0.15) is 11.2 Å². The molecule has 0 saturated heterocycles. The summed E-state index contributed by atoms with van der Waals surface area (Å²) in [4.78, 5) is 17.4. The van der Waals surface area contributed by atoms with Gasteiger partial charge in [0.25, 0.3) is 0 Å². The van der Waals surface area contributed by atoms with Crippen LogP contribution in [0.15, 0.2) is 54.9 Å². The van der Waals surface area contributed by atoms with E-state index in [0.29, 0.717) is 12.5 Å². The van der Waals surface area contributed by atoms with Gasteiger partial charge in [-0.2, -0.15) is 0 Å². The highest BCUT2D eigenvalue weighted by atomic mass is 32.1. The van der Waals surface area contributed by atoms with Gasteiger partial charge in [-0.15, -0.1) is 11.3 Å². The third kappa shape index (κ3) is 3.02. The Balaban J connectivity index is 1.51. The molecule has 0 bridgehead atoms. The van der Waals surface area contributed by atoms with E-state index in [1.807, 2.05) is 36.4 Å². The molecule has 4 aromatic rings. The minimum atomic E-state index is 0.528. The molecule has 1 N–H and O–H groups in total. The second-order valence-corrected chi connectivity index (χ2v) is 5.91. The predicted molar refractivity (Wildman–Crippen MR) is 91.0 cm³/mol. The molecule has 6 heteroatoms. The van der Waals surface area contributed by atoms with E-state index in [0.717, 1.165) is 26.5 Å². The number of fused-ring (bicyclic) bond motifs is 1. The van der Waals surface area contributed by atoms with E-state index in [-0.39, 0.29) is 0 Å². The van der Waals surface area contributed by atoms with Crippen molar-refractivity contribution < 1.29 is 0 Å². The second-order valence-electron chi connectivity index (χ2n) is 4.88. The SMILES string of the molecule is [c]1nc(NCc2ccccn2)ncc1-c1nc2ccccc2s1. The summed E-state index contributed by atoms with van der Waals surface area (Å²) in [5, 5.41) is 4.01. The molecular formula is C17H12N5S. The van der Waals surface area contributed by atoms with Crippen molar-refractivity contribution in [2.75, 3.05) is 5.32 Å². The minimum Gasteiger partial charge on any atom is -0.349 e. The number of hydrogen-bond donors (Lipinski definition) is 1. The average molecular weight is 318 g/mol. The fourth-order valence-corrected chi connectivity index (χ4v) is 3.07. The molecule has 3 aromatic heterocycles. The number of nitrogens with zero attached hydrogens (tertiary/aromatic N) is 4. The van der Waals surface area contributed by atoms with Crippen LogP contribution in [0.1, 0.15) is 5.69 Å². The quantitative estimate of drug-likeness (QED) is 0.623. The van der Waals surface area contributed by atoms with Crippen molar-refractivity contribution in [1.82, 2.24) is 19.9 Å². The Kier molecular flexibility index (Phi) is 3.65. The van der Waals surface area contributed by atoms with Crippen molar-refractivity contribution in [3.8, 4) is 10.6 Å². The Morgan fingerprint density at radius 2 is 1.96 bits per heavy atom. The Bertz CT molecular complexity index is 886. The topological polar surface area (TPSA) is 63.6 Å². The summed E-state index contributed by atoms with van der Waals surface area (Å²) in [5.74, 6) is 0.528. The van der Waals surface area contributed by atoms with Crippen LogP contribution in [0.4, 0.5) is 5.95 Å². The van der Waals surface area contributed by atoms with E-state index in [2.05, 4.69) is 37.5 Å². The maximum Gasteiger partial charge on any atom is 0.223 e. The van der Waals surface area contributed by atoms with Crippen molar-refractivity contribution >= 4 is 27.5 Å². The maximum atomic E-state index is 4.58. The number of pyridine rings is 1. The Morgan fingerprint density at radius 3 is 2.74 bits per heavy atom. The first kappa shape index (κ1) is 13.8. The molecule has 23 heavy (non-hydrogen) atoms. The number of rotatable bonds is 4. The summed E-state index contributed by atoms with van der Waals surface area (Å²) in [6.45, 7) is 0.579. The molecule has 0 aliphatic carbocycles. The lowest BCUT2D eigenvalue weighted by molar-refractivity contribution is 1.00. The van der Waals surface area contributed by atoms with Crippen LogP contribution in [0.2, 0.25) is 0 Å².